The highest BCUT2D eigenvalue weighted by Crippen LogP contribution is 2.27. The van der Waals surface area contributed by atoms with Gasteiger partial charge in [-0.3, -0.25) is 4.79 Å². The lowest BCUT2D eigenvalue weighted by atomic mass is 10.3. The minimum Gasteiger partial charge on any atom is -0.433 e. The topological polar surface area (TPSA) is 51.2 Å². The van der Waals surface area contributed by atoms with E-state index in [-0.39, 0.29) is 10.6 Å². The number of halogens is 2. The van der Waals surface area contributed by atoms with E-state index in [2.05, 4.69) is 15.0 Å². The Kier molecular flexibility index (Phi) is 4.91. The van der Waals surface area contributed by atoms with Crippen LogP contribution >= 0.6 is 23.1 Å². The zero-order valence-electron chi connectivity index (χ0n) is 10.3. The number of hydrogen-bond acceptors (Lipinski definition) is 5. The molecule has 4 nitrogen and oxygen atoms in total. The Morgan fingerprint density at radius 1 is 1.45 bits per heavy atom. The number of thioether (sulfide) groups is 1. The molecule has 0 radical (unpaired) electrons. The van der Waals surface area contributed by atoms with Gasteiger partial charge in [0.2, 0.25) is 0 Å². The summed E-state index contributed by atoms with van der Waals surface area (Å²) in [5.74, 6) is -0.634. The number of thiophene rings is 1. The van der Waals surface area contributed by atoms with Crippen LogP contribution in [0.15, 0.2) is 34.8 Å². The number of pyridine rings is 1. The van der Waals surface area contributed by atoms with E-state index in [1.807, 2.05) is 6.26 Å². The van der Waals surface area contributed by atoms with Crippen molar-refractivity contribution >= 4 is 34.7 Å². The molecule has 0 aliphatic carbocycles. The lowest BCUT2D eigenvalue weighted by molar-refractivity contribution is -0.0498. The van der Waals surface area contributed by atoms with Gasteiger partial charge in [-0.2, -0.15) is 8.78 Å². The Balaban J connectivity index is 2.09. The van der Waals surface area contributed by atoms with E-state index in [0.717, 1.165) is 16.4 Å². The average molecular weight is 316 g/mol. The summed E-state index contributed by atoms with van der Waals surface area (Å²) in [6.45, 7) is -2.96. The predicted molar refractivity (Wildman–Crippen MR) is 74.9 cm³/mol. The summed E-state index contributed by atoms with van der Waals surface area (Å²) in [6.07, 6.45) is 3.39. The second kappa shape index (κ2) is 6.67. The highest BCUT2D eigenvalue weighted by Gasteiger charge is 2.17. The number of carbonyl (C=O) groups excluding carboxylic acids is 1. The number of ether oxygens (including phenoxy) is 1. The molecule has 2 aromatic rings. The second-order valence-corrected chi connectivity index (χ2v) is 5.28. The summed E-state index contributed by atoms with van der Waals surface area (Å²) in [5, 5.41) is 4.92. The molecule has 20 heavy (non-hydrogen) atoms. The van der Waals surface area contributed by atoms with Crippen LogP contribution < -0.4 is 10.1 Å². The van der Waals surface area contributed by atoms with Gasteiger partial charge >= 0.3 is 6.61 Å². The third kappa shape index (κ3) is 3.67. The number of nitrogens with zero attached hydrogens (tertiary/aromatic N) is 1. The van der Waals surface area contributed by atoms with Gasteiger partial charge in [0.25, 0.3) is 5.91 Å². The molecule has 0 aromatic carbocycles. The molecule has 106 valence electrons. The van der Waals surface area contributed by atoms with Crippen molar-refractivity contribution in [1.82, 2.24) is 4.98 Å². The average Bonchev–Trinajstić information content (AvgIpc) is 2.87. The summed E-state index contributed by atoms with van der Waals surface area (Å²) in [4.78, 5) is 16.2. The van der Waals surface area contributed by atoms with Crippen LogP contribution in [0.25, 0.3) is 0 Å². The molecular formula is C12H10F2N2O2S2. The molecule has 0 aliphatic heterocycles. The molecule has 1 amide bonds. The maximum atomic E-state index is 12.2. The number of rotatable bonds is 5. The Labute approximate surface area is 122 Å². The smallest absolute Gasteiger partial charge is 0.387 e. The maximum Gasteiger partial charge on any atom is 0.387 e. The number of aromatic nitrogens is 1. The van der Waals surface area contributed by atoms with Gasteiger partial charge in [0, 0.05) is 0 Å². The number of anilines is 1. The third-order valence-corrected chi connectivity index (χ3v) is 3.81. The SMILES string of the molecule is CSc1ccc(NC(=O)c2sccc2OC(F)F)cn1. The summed E-state index contributed by atoms with van der Waals surface area (Å²) >= 11 is 2.51. The van der Waals surface area contributed by atoms with Crippen molar-refractivity contribution in [1.29, 1.82) is 0 Å². The van der Waals surface area contributed by atoms with Gasteiger partial charge in [0.1, 0.15) is 10.6 Å². The van der Waals surface area contributed by atoms with Gasteiger partial charge in [0.05, 0.1) is 16.9 Å². The normalized spacial score (nSPS) is 10.6. The minimum absolute atomic E-state index is 0.0965. The first-order chi connectivity index (χ1) is 9.60. The van der Waals surface area contributed by atoms with Crippen LogP contribution in [0.2, 0.25) is 0 Å². The van der Waals surface area contributed by atoms with Crippen molar-refractivity contribution in [3.05, 3.63) is 34.7 Å². The number of alkyl halides is 2. The molecule has 8 heteroatoms. The molecule has 0 unspecified atom stereocenters. The van der Waals surface area contributed by atoms with Crippen molar-refractivity contribution in [3.63, 3.8) is 0 Å². The molecule has 1 N–H and O–H groups in total. The largest absolute Gasteiger partial charge is 0.433 e. The van der Waals surface area contributed by atoms with Crippen LogP contribution in [0.1, 0.15) is 9.67 Å². The quantitative estimate of drug-likeness (QED) is 0.854. The highest BCUT2D eigenvalue weighted by molar-refractivity contribution is 7.98. The fraction of sp³-hybridized carbons (Fsp3) is 0.167. The molecule has 0 saturated carbocycles. The molecule has 0 fully saturated rings. The van der Waals surface area contributed by atoms with Crippen molar-refractivity contribution in [2.75, 3.05) is 11.6 Å². The van der Waals surface area contributed by atoms with Gasteiger partial charge in [-0.25, -0.2) is 4.98 Å². The standard InChI is InChI=1S/C12H10F2N2O2S2/c1-19-9-3-2-7(6-15-9)16-11(17)10-8(4-5-20-10)18-12(13)14/h2-6,12H,1H3,(H,16,17). The van der Waals surface area contributed by atoms with Gasteiger partial charge < -0.3 is 10.1 Å². The van der Waals surface area contributed by atoms with E-state index in [0.29, 0.717) is 5.69 Å². The molecule has 0 bridgehead atoms. The zero-order chi connectivity index (χ0) is 14.5. The molecule has 0 saturated heterocycles. The Bertz CT molecular complexity index is 587. The molecule has 0 atom stereocenters. The predicted octanol–water partition coefficient (Wildman–Crippen LogP) is 3.72. The van der Waals surface area contributed by atoms with Crippen LogP contribution in [0.5, 0.6) is 5.75 Å². The summed E-state index contributed by atoms with van der Waals surface area (Å²) in [5.41, 5.74) is 0.490. The van der Waals surface area contributed by atoms with Crippen LogP contribution in [-0.2, 0) is 0 Å². The Morgan fingerprint density at radius 2 is 2.25 bits per heavy atom. The fourth-order valence-corrected chi connectivity index (χ4v) is 2.50. The molecule has 0 aliphatic rings. The highest BCUT2D eigenvalue weighted by atomic mass is 32.2. The summed E-state index contributed by atoms with van der Waals surface area (Å²) in [7, 11) is 0. The molecule has 2 heterocycles. The van der Waals surface area contributed by atoms with Crippen LogP contribution in [0.4, 0.5) is 14.5 Å². The minimum atomic E-state index is -2.96. The summed E-state index contributed by atoms with van der Waals surface area (Å²) in [6, 6.07) is 4.78. The molecule has 2 aromatic heterocycles. The van der Waals surface area contributed by atoms with Crippen LogP contribution in [0, 0.1) is 0 Å². The van der Waals surface area contributed by atoms with Gasteiger partial charge in [0.15, 0.2) is 0 Å². The zero-order valence-corrected chi connectivity index (χ0v) is 11.9. The molecule has 0 spiro atoms. The van der Waals surface area contributed by atoms with Crippen molar-refractivity contribution < 1.29 is 18.3 Å². The van der Waals surface area contributed by atoms with Gasteiger partial charge in [-0.05, 0) is 29.8 Å². The number of nitrogens with one attached hydrogen (secondary N) is 1. The van der Waals surface area contributed by atoms with Gasteiger partial charge in [-0.15, -0.1) is 23.1 Å². The van der Waals surface area contributed by atoms with Crippen LogP contribution in [0.3, 0.4) is 0 Å². The van der Waals surface area contributed by atoms with Crippen molar-refractivity contribution in [2.45, 2.75) is 11.6 Å². The molecular weight excluding hydrogens is 306 g/mol. The first-order valence-electron chi connectivity index (χ1n) is 5.44. The Hall–Kier alpha value is -1.67. The van der Waals surface area contributed by atoms with Crippen molar-refractivity contribution in [2.24, 2.45) is 0 Å². The van der Waals surface area contributed by atoms with Gasteiger partial charge in [-0.1, -0.05) is 0 Å². The Morgan fingerprint density at radius 3 is 2.85 bits per heavy atom. The van der Waals surface area contributed by atoms with E-state index >= 15 is 0 Å². The monoisotopic (exact) mass is 316 g/mol. The first-order valence-corrected chi connectivity index (χ1v) is 7.54. The maximum absolute atomic E-state index is 12.2. The molecule has 2 rings (SSSR count). The van der Waals surface area contributed by atoms with E-state index in [9.17, 15) is 13.6 Å². The first kappa shape index (κ1) is 14.7. The van der Waals surface area contributed by atoms with Crippen LogP contribution in [-0.4, -0.2) is 23.8 Å². The van der Waals surface area contributed by atoms with E-state index in [4.69, 9.17) is 0 Å². The van der Waals surface area contributed by atoms with E-state index in [1.54, 1.807) is 12.1 Å². The third-order valence-electron chi connectivity index (χ3n) is 2.25. The van der Waals surface area contributed by atoms with E-state index in [1.165, 1.54) is 29.4 Å². The lowest BCUT2D eigenvalue weighted by Gasteiger charge is -2.07. The van der Waals surface area contributed by atoms with Crippen molar-refractivity contribution in [3.8, 4) is 5.75 Å². The fourth-order valence-electron chi connectivity index (χ4n) is 1.41. The summed E-state index contributed by atoms with van der Waals surface area (Å²) < 4.78 is 28.7. The second-order valence-electron chi connectivity index (χ2n) is 3.54. The van der Waals surface area contributed by atoms with E-state index < -0.39 is 12.5 Å². The number of amides is 1. The number of carbonyl (C=O) groups is 1. The number of hydrogen-bond donors (Lipinski definition) is 1. The lowest BCUT2D eigenvalue weighted by Crippen LogP contribution is -2.13.